The summed E-state index contributed by atoms with van der Waals surface area (Å²) in [6, 6.07) is 19.2. The molecule has 0 saturated carbocycles. The Morgan fingerprint density at radius 1 is 0.968 bits per heavy atom. The SMILES string of the molecule is CCCC(=O)N(Cc1ccccc1)C(Cc1ccccc1)C(=O)NCCCOC(C)C. The lowest BCUT2D eigenvalue weighted by Crippen LogP contribution is -2.50. The van der Waals surface area contributed by atoms with Crippen LogP contribution in [0.25, 0.3) is 0 Å². The van der Waals surface area contributed by atoms with E-state index in [1.165, 1.54) is 0 Å². The minimum absolute atomic E-state index is 0.00516. The van der Waals surface area contributed by atoms with Crippen molar-refractivity contribution in [2.45, 2.75) is 65.1 Å². The van der Waals surface area contributed by atoms with Crippen molar-refractivity contribution in [3.05, 3.63) is 71.8 Å². The summed E-state index contributed by atoms with van der Waals surface area (Å²) in [5, 5.41) is 3.03. The van der Waals surface area contributed by atoms with Crippen LogP contribution in [-0.4, -0.2) is 42.0 Å². The normalized spacial score (nSPS) is 11.9. The largest absolute Gasteiger partial charge is 0.379 e. The van der Waals surface area contributed by atoms with E-state index in [0.717, 1.165) is 24.0 Å². The number of benzene rings is 2. The summed E-state index contributed by atoms with van der Waals surface area (Å²) in [6.07, 6.45) is 2.57. The predicted octanol–water partition coefficient (Wildman–Crippen LogP) is 4.36. The molecule has 0 aliphatic rings. The van der Waals surface area contributed by atoms with Crippen LogP contribution in [0, 0.1) is 0 Å². The van der Waals surface area contributed by atoms with Crippen LogP contribution in [0.5, 0.6) is 0 Å². The number of hydrogen-bond donors (Lipinski definition) is 1. The van der Waals surface area contributed by atoms with E-state index < -0.39 is 6.04 Å². The van der Waals surface area contributed by atoms with Crippen molar-refractivity contribution in [3.63, 3.8) is 0 Å². The van der Waals surface area contributed by atoms with Gasteiger partial charge in [-0.15, -0.1) is 0 Å². The number of amides is 2. The van der Waals surface area contributed by atoms with Crippen LogP contribution < -0.4 is 5.32 Å². The van der Waals surface area contributed by atoms with Crippen LogP contribution in [0.1, 0.15) is 51.2 Å². The Hall–Kier alpha value is -2.66. The van der Waals surface area contributed by atoms with Crippen molar-refractivity contribution in [3.8, 4) is 0 Å². The second kappa shape index (κ2) is 13.6. The summed E-state index contributed by atoms with van der Waals surface area (Å²) in [7, 11) is 0. The standard InChI is InChI=1S/C26H36N2O3/c1-4-12-25(29)28(20-23-15-9-6-10-16-23)24(19-22-13-7-5-8-14-22)26(30)27-17-11-18-31-21(2)3/h5-10,13-16,21,24H,4,11-12,17-20H2,1-3H3,(H,27,30). The van der Waals surface area contributed by atoms with Crippen molar-refractivity contribution in [1.29, 1.82) is 0 Å². The van der Waals surface area contributed by atoms with Crippen molar-refractivity contribution < 1.29 is 14.3 Å². The lowest BCUT2D eigenvalue weighted by Gasteiger charge is -2.31. The fourth-order valence-electron chi connectivity index (χ4n) is 3.41. The molecule has 1 N–H and O–H groups in total. The van der Waals surface area contributed by atoms with Crippen LogP contribution in [0.2, 0.25) is 0 Å². The maximum atomic E-state index is 13.2. The van der Waals surface area contributed by atoms with E-state index in [1.54, 1.807) is 4.90 Å². The molecule has 0 spiro atoms. The van der Waals surface area contributed by atoms with E-state index >= 15 is 0 Å². The van der Waals surface area contributed by atoms with Gasteiger partial charge >= 0.3 is 0 Å². The summed E-state index contributed by atoms with van der Waals surface area (Å²) in [6.45, 7) is 7.52. The molecule has 0 radical (unpaired) electrons. The third-order valence-corrected chi connectivity index (χ3v) is 5.00. The molecule has 2 amide bonds. The molecule has 5 nitrogen and oxygen atoms in total. The first-order valence-corrected chi connectivity index (χ1v) is 11.3. The molecule has 0 bridgehead atoms. The lowest BCUT2D eigenvalue weighted by molar-refractivity contribution is -0.141. The van der Waals surface area contributed by atoms with Gasteiger partial charge in [-0.25, -0.2) is 0 Å². The Morgan fingerprint density at radius 3 is 2.16 bits per heavy atom. The van der Waals surface area contributed by atoms with Gasteiger partial charge in [0.05, 0.1) is 6.10 Å². The van der Waals surface area contributed by atoms with Gasteiger partial charge in [-0.05, 0) is 37.8 Å². The van der Waals surface area contributed by atoms with Gasteiger partial charge in [-0.3, -0.25) is 9.59 Å². The smallest absolute Gasteiger partial charge is 0.243 e. The number of nitrogens with one attached hydrogen (secondary N) is 1. The molecule has 1 unspecified atom stereocenters. The first-order chi connectivity index (χ1) is 15.0. The first-order valence-electron chi connectivity index (χ1n) is 11.3. The molecule has 0 aliphatic heterocycles. The van der Waals surface area contributed by atoms with Crippen LogP contribution in [-0.2, 0) is 27.3 Å². The second-order valence-corrected chi connectivity index (χ2v) is 8.03. The van der Waals surface area contributed by atoms with Crippen molar-refractivity contribution in [2.24, 2.45) is 0 Å². The van der Waals surface area contributed by atoms with Gasteiger partial charge in [0.2, 0.25) is 11.8 Å². The van der Waals surface area contributed by atoms with Gasteiger partial charge in [0.15, 0.2) is 0 Å². The van der Waals surface area contributed by atoms with Gasteiger partial charge in [0.25, 0.3) is 0 Å². The average Bonchev–Trinajstić information content (AvgIpc) is 2.77. The molecular weight excluding hydrogens is 388 g/mol. The molecule has 0 aromatic heterocycles. The van der Waals surface area contributed by atoms with E-state index in [-0.39, 0.29) is 17.9 Å². The number of rotatable bonds is 13. The highest BCUT2D eigenvalue weighted by atomic mass is 16.5. The minimum Gasteiger partial charge on any atom is -0.379 e. The van der Waals surface area contributed by atoms with Crippen LogP contribution in [0.4, 0.5) is 0 Å². The van der Waals surface area contributed by atoms with Gasteiger partial charge < -0.3 is 15.0 Å². The molecule has 5 heteroatoms. The molecule has 2 aromatic rings. The topological polar surface area (TPSA) is 58.6 Å². The zero-order valence-electron chi connectivity index (χ0n) is 19.0. The number of carbonyl (C=O) groups excluding carboxylic acids is 2. The van der Waals surface area contributed by atoms with E-state index in [9.17, 15) is 9.59 Å². The Morgan fingerprint density at radius 2 is 1.58 bits per heavy atom. The highest BCUT2D eigenvalue weighted by Gasteiger charge is 2.29. The molecule has 168 valence electrons. The quantitative estimate of drug-likeness (QED) is 0.486. The molecule has 0 saturated heterocycles. The maximum absolute atomic E-state index is 13.2. The number of nitrogens with zero attached hydrogens (tertiary/aromatic N) is 1. The summed E-state index contributed by atoms with van der Waals surface area (Å²) in [4.78, 5) is 28.0. The summed E-state index contributed by atoms with van der Waals surface area (Å²) in [5.74, 6) is -0.112. The average molecular weight is 425 g/mol. The second-order valence-electron chi connectivity index (χ2n) is 8.03. The van der Waals surface area contributed by atoms with Crippen molar-refractivity contribution in [2.75, 3.05) is 13.2 Å². The van der Waals surface area contributed by atoms with E-state index in [1.807, 2.05) is 81.4 Å². The van der Waals surface area contributed by atoms with Crippen LogP contribution in [0.15, 0.2) is 60.7 Å². The number of hydrogen-bond acceptors (Lipinski definition) is 3. The maximum Gasteiger partial charge on any atom is 0.243 e. The zero-order valence-corrected chi connectivity index (χ0v) is 19.0. The van der Waals surface area contributed by atoms with Crippen LogP contribution in [0.3, 0.4) is 0 Å². The Balaban J connectivity index is 2.18. The molecule has 0 heterocycles. The molecule has 2 rings (SSSR count). The van der Waals surface area contributed by atoms with Gasteiger partial charge in [0.1, 0.15) is 6.04 Å². The molecule has 0 fully saturated rings. The molecule has 31 heavy (non-hydrogen) atoms. The third-order valence-electron chi connectivity index (χ3n) is 5.00. The fraction of sp³-hybridized carbons (Fsp3) is 0.462. The summed E-state index contributed by atoms with van der Waals surface area (Å²) < 4.78 is 5.56. The van der Waals surface area contributed by atoms with Gasteiger partial charge in [-0.2, -0.15) is 0 Å². The molecule has 0 aliphatic carbocycles. The van der Waals surface area contributed by atoms with E-state index in [4.69, 9.17) is 4.74 Å². The highest BCUT2D eigenvalue weighted by molar-refractivity contribution is 5.88. The Kier molecular flexibility index (Phi) is 10.8. The van der Waals surface area contributed by atoms with Crippen molar-refractivity contribution in [1.82, 2.24) is 10.2 Å². The van der Waals surface area contributed by atoms with E-state index in [2.05, 4.69) is 5.32 Å². The Labute approximate surface area is 186 Å². The summed E-state index contributed by atoms with van der Waals surface area (Å²) in [5.41, 5.74) is 2.05. The Bertz CT molecular complexity index is 778. The zero-order chi connectivity index (χ0) is 22.5. The predicted molar refractivity (Wildman–Crippen MR) is 125 cm³/mol. The number of carbonyl (C=O) groups is 2. The third kappa shape index (κ3) is 8.93. The molecule has 1 atom stereocenters. The van der Waals surface area contributed by atoms with E-state index in [0.29, 0.717) is 32.5 Å². The van der Waals surface area contributed by atoms with Crippen LogP contribution >= 0.6 is 0 Å². The van der Waals surface area contributed by atoms with Gasteiger partial charge in [-0.1, -0.05) is 67.6 Å². The first kappa shape index (κ1) is 24.6. The monoisotopic (exact) mass is 424 g/mol. The fourth-order valence-corrected chi connectivity index (χ4v) is 3.41. The van der Waals surface area contributed by atoms with Crippen molar-refractivity contribution >= 4 is 11.8 Å². The summed E-state index contributed by atoms with van der Waals surface area (Å²) >= 11 is 0. The minimum atomic E-state index is -0.562. The molecular formula is C26H36N2O3. The lowest BCUT2D eigenvalue weighted by atomic mass is 10.0. The highest BCUT2D eigenvalue weighted by Crippen LogP contribution is 2.16. The van der Waals surface area contributed by atoms with Gasteiger partial charge in [0, 0.05) is 32.5 Å². The molecule has 2 aromatic carbocycles. The number of ether oxygens (including phenoxy) is 1.